The highest BCUT2D eigenvalue weighted by Crippen LogP contribution is 2.41. The molecule has 1 aromatic heterocycles. The number of aryl methyl sites for hydroxylation is 1. The average molecular weight is 367 g/mol. The first-order valence-corrected chi connectivity index (χ1v) is 9.79. The molecule has 1 aliphatic heterocycles. The molecule has 1 aliphatic carbocycles. The molecule has 0 saturated heterocycles. The largest absolute Gasteiger partial charge is 0.394 e. The van der Waals surface area contributed by atoms with Gasteiger partial charge in [0, 0.05) is 36.7 Å². The molecule has 5 nitrogen and oxygen atoms in total. The Hall–Kier alpha value is -2.11. The smallest absolute Gasteiger partial charge is 0.228 e. The first kappa shape index (κ1) is 18.3. The van der Waals surface area contributed by atoms with E-state index in [-0.39, 0.29) is 18.4 Å². The number of benzene rings is 1. The Bertz CT molecular complexity index is 923. The highest BCUT2D eigenvalue weighted by atomic mass is 16.3. The van der Waals surface area contributed by atoms with Gasteiger partial charge in [0.25, 0.3) is 0 Å². The van der Waals surface area contributed by atoms with Crippen LogP contribution in [0.4, 0.5) is 0 Å². The Morgan fingerprint density at radius 1 is 1.37 bits per heavy atom. The molecule has 1 aromatic carbocycles. The minimum Gasteiger partial charge on any atom is -0.394 e. The number of nitrogens with one attached hydrogen (secondary N) is 1. The van der Waals surface area contributed by atoms with Gasteiger partial charge in [0.15, 0.2) is 0 Å². The van der Waals surface area contributed by atoms with Crippen LogP contribution >= 0.6 is 0 Å². The SMILES string of the molecule is CC[C@@](C)(CO)NC(=O)[C@@H]1C=C2c3cccc4c3c(cn4C)C[C@H]2N(C)C1. The fourth-order valence-corrected chi connectivity index (χ4v) is 4.52. The van der Waals surface area contributed by atoms with Crippen LogP contribution in [0.25, 0.3) is 16.5 Å². The lowest BCUT2D eigenvalue weighted by Gasteiger charge is -2.40. The van der Waals surface area contributed by atoms with Crippen LogP contribution in [-0.2, 0) is 18.3 Å². The third kappa shape index (κ3) is 2.89. The van der Waals surface area contributed by atoms with E-state index in [0.717, 1.165) is 6.42 Å². The lowest BCUT2D eigenvalue weighted by atomic mass is 9.79. The molecule has 4 rings (SSSR count). The van der Waals surface area contributed by atoms with Crippen LogP contribution in [0.15, 0.2) is 30.5 Å². The number of hydrogen-bond acceptors (Lipinski definition) is 3. The molecule has 0 saturated carbocycles. The maximum absolute atomic E-state index is 12.9. The van der Waals surface area contributed by atoms with Crippen molar-refractivity contribution in [2.45, 2.75) is 38.3 Å². The van der Waals surface area contributed by atoms with Crippen LogP contribution in [0.2, 0.25) is 0 Å². The van der Waals surface area contributed by atoms with E-state index in [9.17, 15) is 9.90 Å². The lowest BCUT2D eigenvalue weighted by Crippen LogP contribution is -2.53. The number of aromatic nitrogens is 1. The van der Waals surface area contributed by atoms with Gasteiger partial charge in [-0.2, -0.15) is 0 Å². The second-order valence-corrected chi connectivity index (χ2v) is 8.41. The summed E-state index contributed by atoms with van der Waals surface area (Å²) in [7, 11) is 4.20. The molecule has 2 N–H and O–H groups in total. The number of carbonyl (C=O) groups is 1. The summed E-state index contributed by atoms with van der Waals surface area (Å²) in [6.45, 7) is 4.52. The zero-order chi connectivity index (χ0) is 19.3. The van der Waals surface area contributed by atoms with Crippen LogP contribution in [0.5, 0.6) is 0 Å². The molecule has 0 bridgehead atoms. The van der Waals surface area contributed by atoms with Crippen molar-refractivity contribution in [3.8, 4) is 0 Å². The third-order valence-corrected chi connectivity index (χ3v) is 6.46. The van der Waals surface area contributed by atoms with Crippen molar-refractivity contribution in [3.63, 3.8) is 0 Å². The summed E-state index contributed by atoms with van der Waals surface area (Å²) < 4.78 is 2.20. The van der Waals surface area contributed by atoms with Crippen molar-refractivity contribution in [3.05, 3.63) is 41.6 Å². The number of carbonyl (C=O) groups excluding carboxylic acids is 1. The Kier molecular flexibility index (Phi) is 4.40. The minimum absolute atomic E-state index is 0.00256. The van der Waals surface area contributed by atoms with Gasteiger partial charge in [0.2, 0.25) is 5.91 Å². The number of amides is 1. The van der Waals surface area contributed by atoms with Gasteiger partial charge in [-0.25, -0.2) is 0 Å². The molecule has 0 spiro atoms. The summed E-state index contributed by atoms with van der Waals surface area (Å²) in [4.78, 5) is 15.2. The van der Waals surface area contributed by atoms with Crippen molar-refractivity contribution >= 4 is 22.4 Å². The molecule has 0 unspecified atom stereocenters. The Morgan fingerprint density at radius 3 is 2.85 bits per heavy atom. The van der Waals surface area contributed by atoms with E-state index >= 15 is 0 Å². The van der Waals surface area contributed by atoms with Gasteiger partial charge in [-0.05, 0) is 49.6 Å². The van der Waals surface area contributed by atoms with Crippen LogP contribution in [-0.4, -0.2) is 52.3 Å². The molecule has 0 radical (unpaired) electrons. The minimum atomic E-state index is -0.565. The molecule has 3 atom stereocenters. The number of aliphatic hydroxyl groups is 1. The van der Waals surface area contributed by atoms with E-state index in [2.05, 4.69) is 59.4 Å². The van der Waals surface area contributed by atoms with E-state index in [1.807, 2.05) is 13.8 Å². The summed E-state index contributed by atoms with van der Waals surface area (Å²) in [6, 6.07) is 6.76. The number of fused-ring (bicyclic) bond motifs is 2. The summed E-state index contributed by atoms with van der Waals surface area (Å²) in [5.74, 6) is -0.212. The molecule has 2 heterocycles. The van der Waals surface area contributed by atoms with E-state index in [1.165, 1.54) is 27.6 Å². The van der Waals surface area contributed by atoms with Crippen molar-refractivity contribution in [2.24, 2.45) is 13.0 Å². The quantitative estimate of drug-likeness (QED) is 0.872. The van der Waals surface area contributed by atoms with Crippen molar-refractivity contribution in [1.82, 2.24) is 14.8 Å². The maximum atomic E-state index is 12.9. The third-order valence-electron chi connectivity index (χ3n) is 6.46. The van der Waals surface area contributed by atoms with Crippen LogP contribution in [0, 0.1) is 5.92 Å². The predicted octanol–water partition coefficient (Wildman–Crippen LogP) is 2.33. The summed E-state index contributed by atoms with van der Waals surface area (Å²) in [6.07, 6.45) is 6.09. The molecule has 2 aromatic rings. The molecule has 2 aliphatic rings. The van der Waals surface area contributed by atoms with Gasteiger partial charge < -0.3 is 15.0 Å². The van der Waals surface area contributed by atoms with E-state index in [0.29, 0.717) is 19.0 Å². The number of nitrogens with zero attached hydrogens (tertiary/aromatic N) is 2. The molecular formula is C22H29N3O2. The fraction of sp³-hybridized carbons (Fsp3) is 0.500. The highest BCUT2D eigenvalue weighted by molar-refractivity contribution is 5.99. The average Bonchev–Trinajstić information content (AvgIpc) is 2.99. The number of hydrogen-bond donors (Lipinski definition) is 2. The number of likely N-dealkylation sites (N-methyl/N-ethyl adjacent to an activating group) is 1. The second-order valence-electron chi connectivity index (χ2n) is 8.41. The Labute approximate surface area is 160 Å². The van der Waals surface area contributed by atoms with E-state index in [4.69, 9.17) is 0 Å². The van der Waals surface area contributed by atoms with Crippen molar-refractivity contribution in [2.75, 3.05) is 20.2 Å². The molecule has 5 heteroatoms. The van der Waals surface area contributed by atoms with Crippen molar-refractivity contribution < 1.29 is 9.90 Å². The van der Waals surface area contributed by atoms with Crippen LogP contribution < -0.4 is 5.32 Å². The lowest BCUT2D eigenvalue weighted by molar-refractivity contribution is -0.126. The first-order valence-electron chi connectivity index (χ1n) is 9.79. The second kappa shape index (κ2) is 6.50. The zero-order valence-electron chi connectivity index (χ0n) is 16.6. The summed E-state index contributed by atoms with van der Waals surface area (Å²) in [5.41, 5.74) is 4.58. The van der Waals surface area contributed by atoms with Crippen LogP contribution in [0.3, 0.4) is 0 Å². The first-order chi connectivity index (χ1) is 12.9. The topological polar surface area (TPSA) is 57.5 Å². The highest BCUT2D eigenvalue weighted by Gasteiger charge is 2.37. The normalized spacial score (nSPS) is 24.3. The van der Waals surface area contributed by atoms with E-state index < -0.39 is 5.54 Å². The Balaban J connectivity index is 1.74. The van der Waals surface area contributed by atoms with Gasteiger partial charge in [-0.3, -0.25) is 9.69 Å². The van der Waals surface area contributed by atoms with Gasteiger partial charge >= 0.3 is 0 Å². The summed E-state index contributed by atoms with van der Waals surface area (Å²) in [5, 5.41) is 14.0. The van der Waals surface area contributed by atoms with Gasteiger partial charge in [0.1, 0.15) is 0 Å². The van der Waals surface area contributed by atoms with Crippen LogP contribution in [0.1, 0.15) is 31.4 Å². The standard InChI is InChI=1S/C22H29N3O2/c1-5-22(2,13-26)23-21(27)15-9-17-16-7-6-8-18-20(16)14(11-24(18)3)10-19(17)25(4)12-15/h6-9,11,15,19,26H,5,10,12-13H2,1-4H3,(H,23,27)/t15-,19-,22+/m1/s1. The van der Waals surface area contributed by atoms with E-state index in [1.54, 1.807) is 0 Å². The molecular weight excluding hydrogens is 338 g/mol. The fourth-order valence-electron chi connectivity index (χ4n) is 4.52. The zero-order valence-corrected chi connectivity index (χ0v) is 16.6. The number of aliphatic hydroxyl groups excluding tert-OH is 1. The monoisotopic (exact) mass is 367 g/mol. The van der Waals surface area contributed by atoms with Gasteiger partial charge in [-0.15, -0.1) is 0 Å². The van der Waals surface area contributed by atoms with Gasteiger partial charge in [0.05, 0.1) is 18.1 Å². The molecule has 0 fully saturated rings. The van der Waals surface area contributed by atoms with Gasteiger partial charge in [-0.1, -0.05) is 25.1 Å². The molecule has 1 amide bonds. The predicted molar refractivity (Wildman–Crippen MR) is 108 cm³/mol. The Morgan fingerprint density at radius 2 is 2.15 bits per heavy atom. The summed E-state index contributed by atoms with van der Waals surface area (Å²) >= 11 is 0. The molecule has 27 heavy (non-hydrogen) atoms. The maximum Gasteiger partial charge on any atom is 0.228 e. The van der Waals surface area contributed by atoms with Crippen molar-refractivity contribution in [1.29, 1.82) is 0 Å². The molecule has 144 valence electrons. The number of rotatable bonds is 4.